The average Bonchev–Trinajstić information content (AvgIpc) is 3.59. The maximum Gasteiger partial charge on any atom is 0.0544 e. The van der Waals surface area contributed by atoms with E-state index < -0.39 is 0 Å². The predicted octanol–water partition coefficient (Wildman–Crippen LogP) is 14.4. The fourth-order valence-electron chi connectivity index (χ4n) is 8.81. The highest BCUT2D eigenvalue weighted by atomic mass is 15.2. The highest BCUT2D eigenvalue weighted by Crippen LogP contribution is 2.43. The van der Waals surface area contributed by atoms with E-state index in [1.54, 1.807) is 0 Å². The lowest BCUT2D eigenvalue weighted by molar-refractivity contribution is 0.895. The van der Waals surface area contributed by atoms with Gasteiger partial charge in [0.25, 0.3) is 0 Å². The molecule has 0 saturated carbocycles. The van der Waals surface area contributed by atoms with Gasteiger partial charge in [-0.3, -0.25) is 0 Å². The summed E-state index contributed by atoms with van der Waals surface area (Å²) in [7, 11) is 0. The lowest BCUT2D eigenvalue weighted by Gasteiger charge is -2.30. The maximum absolute atomic E-state index is 2.52. The van der Waals surface area contributed by atoms with Crippen molar-refractivity contribution in [3.8, 4) is 11.1 Å². The van der Waals surface area contributed by atoms with Crippen LogP contribution >= 0.6 is 0 Å². The first-order valence-corrected chi connectivity index (χ1v) is 18.9. The zero-order valence-corrected chi connectivity index (χ0v) is 29.8. The van der Waals surface area contributed by atoms with E-state index in [1.807, 2.05) is 0 Å². The lowest BCUT2D eigenvalue weighted by atomic mass is 10.00. The summed E-state index contributed by atoms with van der Waals surface area (Å²) in [6.45, 7) is 0. The average molecular weight is 689 g/mol. The third kappa shape index (κ3) is 4.95. The summed E-state index contributed by atoms with van der Waals surface area (Å²) in [5, 5.41) is 12.8. The molecule has 0 spiro atoms. The van der Waals surface area contributed by atoms with Crippen LogP contribution in [0.4, 0.5) is 11.4 Å². The molecule has 10 aromatic rings. The Morgan fingerprint density at radius 1 is 0.370 bits per heavy atom. The van der Waals surface area contributed by atoms with Gasteiger partial charge in [0, 0.05) is 33.5 Å². The highest BCUT2D eigenvalue weighted by Gasteiger charge is 2.22. The van der Waals surface area contributed by atoms with Gasteiger partial charge in [0.15, 0.2) is 0 Å². The topological polar surface area (TPSA) is 8.17 Å². The van der Waals surface area contributed by atoms with Crippen molar-refractivity contribution < 1.29 is 0 Å². The standard InChI is InChI=1S/C52H36N2/c1-3-13-40-33-42(18-17-35(40)9-1)37-19-24-43(25-20-37)53(46-26-21-36-10-2-4-14-41(36)34-46)44-27-29-45(30-28-44)54-49-31-22-38-11-5-7-15-47(38)51(49)52-48-16-8-6-12-39(48)23-32-50(52)54/h1-27,29,31-34H,28,30H2. The monoisotopic (exact) mass is 688 g/mol. The molecule has 0 amide bonds. The third-order valence-electron chi connectivity index (χ3n) is 11.4. The summed E-state index contributed by atoms with van der Waals surface area (Å²) >= 11 is 0. The zero-order valence-electron chi connectivity index (χ0n) is 29.8. The number of aromatic nitrogens is 1. The molecular formula is C52H36N2. The Morgan fingerprint density at radius 3 is 1.48 bits per heavy atom. The Balaban J connectivity index is 1.06. The van der Waals surface area contributed by atoms with Gasteiger partial charge in [0.1, 0.15) is 0 Å². The Morgan fingerprint density at radius 2 is 0.870 bits per heavy atom. The minimum Gasteiger partial charge on any atom is -0.314 e. The number of hydrogen-bond acceptors (Lipinski definition) is 1. The van der Waals surface area contributed by atoms with Crippen molar-refractivity contribution in [2.45, 2.75) is 12.8 Å². The molecular weight excluding hydrogens is 653 g/mol. The molecule has 9 aromatic carbocycles. The molecule has 1 aliphatic rings. The maximum atomic E-state index is 2.52. The summed E-state index contributed by atoms with van der Waals surface area (Å²) < 4.78 is 2.52. The van der Waals surface area contributed by atoms with Crippen LogP contribution in [0.2, 0.25) is 0 Å². The molecule has 254 valence electrons. The van der Waals surface area contributed by atoms with Gasteiger partial charge < -0.3 is 9.47 Å². The second-order valence-electron chi connectivity index (χ2n) is 14.5. The van der Waals surface area contributed by atoms with Gasteiger partial charge in [-0.2, -0.15) is 0 Å². The van der Waals surface area contributed by atoms with Crippen LogP contribution in [-0.2, 0) is 0 Å². The van der Waals surface area contributed by atoms with Crippen LogP contribution in [0.1, 0.15) is 12.8 Å². The van der Waals surface area contributed by atoms with Gasteiger partial charge in [0.05, 0.1) is 11.0 Å². The van der Waals surface area contributed by atoms with E-state index in [0.29, 0.717) is 0 Å². The first-order valence-electron chi connectivity index (χ1n) is 18.9. The zero-order chi connectivity index (χ0) is 35.6. The van der Waals surface area contributed by atoms with Gasteiger partial charge in [-0.25, -0.2) is 0 Å². The molecule has 1 aliphatic carbocycles. The molecule has 0 unspecified atom stereocenters. The number of benzene rings is 9. The molecule has 54 heavy (non-hydrogen) atoms. The smallest absolute Gasteiger partial charge is 0.0544 e. The summed E-state index contributed by atoms with van der Waals surface area (Å²) in [4.78, 5) is 2.46. The SMILES string of the molecule is C1=C(N(c2ccc(-c3ccc4ccccc4c3)cc2)c2ccc3ccccc3c2)CCC(n2c3ccc4ccccc4c3c3c4ccccc4ccc32)=C1. The molecule has 1 heterocycles. The van der Waals surface area contributed by atoms with Crippen molar-refractivity contribution >= 4 is 82.0 Å². The lowest BCUT2D eigenvalue weighted by Crippen LogP contribution is -2.18. The van der Waals surface area contributed by atoms with Crippen molar-refractivity contribution in [2.24, 2.45) is 0 Å². The number of allylic oxidation sites excluding steroid dienone is 4. The molecule has 0 bridgehead atoms. The Bertz CT molecular complexity index is 3070. The Hall–Kier alpha value is -6.90. The van der Waals surface area contributed by atoms with Crippen LogP contribution < -0.4 is 4.90 Å². The second kappa shape index (κ2) is 12.4. The van der Waals surface area contributed by atoms with Crippen LogP contribution in [0, 0.1) is 0 Å². The van der Waals surface area contributed by atoms with Crippen LogP contribution in [0.3, 0.4) is 0 Å². The number of fused-ring (bicyclic) bond motifs is 9. The fraction of sp³-hybridized carbons (Fsp3) is 0.0385. The molecule has 1 aromatic heterocycles. The van der Waals surface area contributed by atoms with Crippen molar-refractivity contribution in [3.05, 3.63) is 200 Å². The van der Waals surface area contributed by atoms with E-state index in [0.717, 1.165) is 18.5 Å². The van der Waals surface area contributed by atoms with Gasteiger partial charge in [-0.05, 0) is 122 Å². The van der Waals surface area contributed by atoms with E-state index in [1.165, 1.54) is 93.1 Å². The summed E-state index contributed by atoms with van der Waals surface area (Å²) in [5.41, 5.74) is 9.90. The second-order valence-corrected chi connectivity index (χ2v) is 14.5. The predicted molar refractivity (Wildman–Crippen MR) is 232 cm³/mol. The summed E-state index contributed by atoms with van der Waals surface area (Å²) in [5.74, 6) is 0. The van der Waals surface area contributed by atoms with E-state index in [2.05, 4.69) is 204 Å². The quantitative estimate of drug-likeness (QED) is 0.175. The number of nitrogens with zero attached hydrogens (tertiary/aromatic N) is 2. The van der Waals surface area contributed by atoms with Crippen LogP contribution in [0.15, 0.2) is 200 Å². The normalized spacial score (nSPS) is 13.3. The first-order chi connectivity index (χ1) is 26.8. The van der Waals surface area contributed by atoms with Crippen molar-refractivity contribution in [3.63, 3.8) is 0 Å². The van der Waals surface area contributed by atoms with Gasteiger partial charge in [0.2, 0.25) is 0 Å². The number of rotatable bonds is 5. The molecule has 0 saturated heterocycles. The van der Waals surface area contributed by atoms with Crippen LogP contribution in [-0.4, -0.2) is 4.57 Å². The Labute approximate surface area is 314 Å². The van der Waals surface area contributed by atoms with Gasteiger partial charge >= 0.3 is 0 Å². The Kier molecular flexibility index (Phi) is 7.03. The molecule has 0 radical (unpaired) electrons. The van der Waals surface area contributed by atoms with Crippen molar-refractivity contribution in [2.75, 3.05) is 4.90 Å². The van der Waals surface area contributed by atoms with E-state index in [9.17, 15) is 0 Å². The fourth-order valence-corrected chi connectivity index (χ4v) is 8.81. The number of anilines is 2. The molecule has 0 fully saturated rings. The molecule has 11 rings (SSSR count). The largest absolute Gasteiger partial charge is 0.314 e. The third-order valence-corrected chi connectivity index (χ3v) is 11.4. The van der Waals surface area contributed by atoms with E-state index in [-0.39, 0.29) is 0 Å². The number of hydrogen-bond donors (Lipinski definition) is 0. The molecule has 0 aliphatic heterocycles. The van der Waals surface area contributed by atoms with Crippen LogP contribution in [0.5, 0.6) is 0 Å². The molecule has 2 nitrogen and oxygen atoms in total. The van der Waals surface area contributed by atoms with Crippen molar-refractivity contribution in [1.29, 1.82) is 0 Å². The molecule has 0 atom stereocenters. The highest BCUT2D eigenvalue weighted by molar-refractivity contribution is 6.28. The van der Waals surface area contributed by atoms with Crippen LogP contribution in [0.25, 0.3) is 81.7 Å². The minimum atomic E-state index is 0.910. The van der Waals surface area contributed by atoms with E-state index >= 15 is 0 Å². The van der Waals surface area contributed by atoms with E-state index in [4.69, 9.17) is 0 Å². The molecule has 0 N–H and O–H groups in total. The summed E-state index contributed by atoms with van der Waals surface area (Å²) in [6.07, 6.45) is 6.54. The van der Waals surface area contributed by atoms with Gasteiger partial charge in [-0.15, -0.1) is 0 Å². The van der Waals surface area contributed by atoms with Gasteiger partial charge in [-0.1, -0.05) is 140 Å². The van der Waals surface area contributed by atoms with Crippen molar-refractivity contribution in [1.82, 2.24) is 4.57 Å². The molecule has 2 heteroatoms. The summed E-state index contributed by atoms with van der Waals surface area (Å²) in [6, 6.07) is 66.7. The first kappa shape index (κ1) is 30.7. The minimum absolute atomic E-state index is 0.910.